The molecule has 160 valence electrons. The van der Waals surface area contributed by atoms with Crippen molar-refractivity contribution in [2.45, 2.75) is 37.5 Å². The molecule has 4 rings (SSSR count). The highest BCUT2D eigenvalue weighted by atomic mass is 35.5. The molecule has 30 heavy (non-hydrogen) atoms. The average molecular weight is 448 g/mol. The van der Waals surface area contributed by atoms with Crippen LogP contribution in [0.4, 0.5) is 17.1 Å². The molecule has 2 aromatic carbocycles. The van der Waals surface area contributed by atoms with E-state index in [0.717, 1.165) is 38.8 Å². The molecule has 2 aromatic rings. The van der Waals surface area contributed by atoms with Crippen molar-refractivity contribution in [1.82, 2.24) is 0 Å². The number of carbonyl (C=O) groups is 1. The summed E-state index contributed by atoms with van der Waals surface area (Å²) >= 11 is 6.17. The molecule has 2 fully saturated rings. The molecule has 6 nitrogen and oxygen atoms in total. The van der Waals surface area contributed by atoms with Gasteiger partial charge in [0.05, 0.1) is 16.4 Å². The Balaban J connectivity index is 1.68. The number of sulfonamides is 1. The highest BCUT2D eigenvalue weighted by Crippen LogP contribution is 2.39. The van der Waals surface area contributed by atoms with Crippen LogP contribution < -0.4 is 14.9 Å². The summed E-state index contributed by atoms with van der Waals surface area (Å²) in [6.07, 6.45) is 4.06. The van der Waals surface area contributed by atoms with Crippen LogP contribution in [0.3, 0.4) is 0 Å². The molecule has 0 radical (unpaired) electrons. The molecule has 2 aliphatic rings. The van der Waals surface area contributed by atoms with Gasteiger partial charge in [0, 0.05) is 24.7 Å². The van der Waals surface area contributed by atoms with E-state index in [4.69, 9.17) is 11.6 Å². The monoisotopic (exact) mass is 447 g/mol. The minimum Gasteiger partial charge on any atom is -0.370 e. The number of piperidine rings is 1. The summed E-state index contributed by atoms with van der Waals surface area (Å²) in [4.78, 5) is 14.6. The second kappa shape index (κ2) is 8.47. The van der Waals surface area contributed by atoms with E-state index < -0.39 is 10.0 Å². The van der Waals surface area contributed by atoms with Crippen LogP contribution in [-0.2, 0) is 14.8 Å². The molecular formula is C22H26ClN3O3S. The lowest BCUT2D eigenvalue weighted by atomic mass is 10.1. The molecule has 8 heteroatoms. The first-order chi connectivity index (χ1) is 14.3. The van der Waals surface area contributed by atoms with Gasteiger partial charge in [-0.25, -0.2) is 8.42 Å². The first kappa shape index (κ1) is 21.0. The van der Waals surface area contributed by atoms with E-state index >= 15 is 0 Å². The Morgan fingerprint density at radius 3 is 2.47 bits per heavy atom. The second-order valence-corrected chi connectivity index (χ2v) is 10.2. The number of hydrogen-bond donors (Lipinski definition) is 2. The van der Waals surface area contributed by atoms with Crippen LogP contribution >= 0.6 is 11.6 Å². The lowest BCUT2D eigenvalue weighted by molar-refractivity contribution is -0.117. The smallest absolute Gasteiger partial charge is 0.264 e. The second-order valence-electron chi connectivity index (χ2n) is 8.12. The predicted octanol–water partition coefficient (Wildman–Crippen LogP) is 4.73. The number of anilines is 3. The molecule has 1 saturated heterocycles. The zero-order valence-corrected chi connectivity index (χ0v) is 18.5. The molecule has 1 aliphatic heterocycles. The summed E-state index contributed by atoms with van der Waals surface area (Å²) in [5.74, 6) is 0.325. The lowest BCUT2D eigenvalue weighted by Gasteiger charge is -2.30. The quantitative estimate of drug-likeness (QED) is 0.671. The van der Waals surface area contributed by atoms with Crippen LogP contribution in [0.1, 0.15) is 32.6 Å². The molecule has 2 atom stereocenters. The predicted molar refractivity (Wildman–Crippen MR) is 121 cm³/mol. The van der Waals surface area contributed by atoms with Crippen LogP contribution in [0.15, 0.2) is 47.4 Å². The van der Waals surface area contributed by atoms with Gasteiger partial charge in [0.15, 0.2) is 0 Å². The molecular weight excluding hydrogens is 422 g/mol. The average Bonchev–Trinajstić information content (AvgIpc) is 3.47. The van der Waals surface area contributed by atoms with Crippen molar-refractivity contribution in [3.8, 4) is 0 Å². The van der Waals surface area contributed by atoms with E-state index in [-0.39, 0.29) is 16.7 Å². The van der Waals surface area contributed by atoms with E-state index in [9.17, 15) is 13.2 Å². The summed E-state index contributed by atoms with van der Waals surface area (Å²) in [6.45, 7) is 3.65. The van der Waals surface area contributed by atoms with Gasteiger partial charge in [-0.05, 0) is 61.9 Å². The summed E-state index contributed by atoms with van der Waals surface area (Å²) < 4.78 is 29.3. The van der Waals surface area contributed by atoms with Gasteiger partial charge in [-0.3, -0.25) is 9.52 Å². The molecule has 1 saturated carbocycles. The highest BCUT2D eigenvalue weighted by Gasteiger charge is 2.39. The third-order valence-electron chi connectivity index (χ3n) is 5.78. The van der Waals surface area contributed by atoms with Gasteiger partial charge >= 0.3 is 0 Å². The zero-order chi connectivity index (χ0) is 21.3. The molecule has 1 aliphatic carbocycles. The topological polar surface area (TPSA) is 78.5 Å². The Morgan fingerprint density at radius 2 is 1.80 bits per heavy atom. The van der Waals surface area contributed by atoms with Gasteiger partial charge in [0.1, 0.15) is 4.90 Å². The highest BCUT2D eigenvalue weighted by molar-refractivity contribution is 7.93. The molecule has 1 heterocycles. The fourth-order valence-corrected chi connectivity index (χ4v) is 5.44. The molecule has 1 amide bonds. The number of hydrogen-bond acceptors (Lipinski definition) is 4. The number of para-hydroxylation sites is 1. The molecule has 2 unspecified atom stereocenters. The number of benzene rings is 2. The van der Waals surface area contributed by atoms with E-state index in [1.165, 1.54) is 0 Å². The van der Waals surface area contributed by atoms with Crippen LogP contribution in [0.5, 0.6) is 0 Å². The minimum atomic E-state index is -3.92. The number of nitrogens with zero attached hydrogens (tertiary/aromatic N) is 1. The van der Waals surface area contributed by atoms with Crippen molar-refractivity contribution >= 4 is 44.6 Å². The fraction of sp³-hybridized carbons (Fsp3) is 0.409. The third-order valence-corrected chi connectivity index (χ3v) is 7.50. The van der Waals surface area contributed by atoms with Crippen LogP contribution in [0, 0.1) is 11.8 Å². The maximum Gasteiger partial charge on any atom is 0.264 e. The third kappa shape index (κ3) is 4.57. The minimum absolute atomic E-state index is 0.00748. The van der Waals surface area contributed by atoms with Crippen molar-refractivity contribution in [1.29, 1.82) is 0 Å². The fourth-order valence-electron chi connectivity index (χ4n) is 3.87. The Morgan fingerprint density at radius 1 is 1.10 bits per heavy atom. The van der Waals surface area contributed by atoms with Crippen molar-refractivity contribution in [2.24, 2.45) is 11.8 Å². The van der Waals surface area contributed by atoms with Crippen LogP contribution in [0.25, 0.3) is 0 Å². The van der Waals surface area contributed by atoms with E-state index in [1.54, 1.807) is 42.5 Å². The zero-order valence-electron chi connectivity index (χ0n) is 16.9. The van der Waals surface area contributed by atoms with Crippen molar-refractivity contribution < 1.29 is 13.2 Å². The van der Waals surface area contributed by atoms with Gasteiger partial charge in [-0.15, -0.1) is 0 Å². The molecule has 2 N–H and O–H groups in total. The molecule has 0 aromatic heterocycles. The first-order valence-electron chi connectivity index (χ1n) is 10.3. The summed E-state index contributed by atoms with van der Waals surface area (Å²) in [5.41, 5.74) is 1.46. The maximum atomic E-state index is 13.3. The maximum absolute atomic E-state index is 13.3. The van der Waals surface area contributed by atoms with Crippen molar-refractivity contribution in [2.75, 3.05) is 28.0 Å². The van der Waals surface area contributed by atoms with Crippen LogP contribution in [0.2, 0.25) is 5.02 Å². The summed E-state index contributed by atoms with van der Waals surface area (Å²) in [5, 5.41) is 3.20. The van der Waals surface area contributed by atoms with E-state index in [1.807, 2.05) is 6.92 Å². The lowest BCUT2D eigenvalue weighted by Crippen LogP contribution is -2.31. The standard InChI is InChI=1S/C22H26ClN3O3S/c1-15-13-17(15)22(27)24-16-9-10-20(26-11-5-2-6-12-26)21(14-16)30(28,29)25-19-8-4-3-7-18(19)23/h3-4,7-10,14-15,17,25H,2,5-6,11-13H2,1H3,(H,24,27). The van der Waals surface area contributed by atoms with Crippen LogP contribution in [-0.4, -0.2) is 27.4 Å². The number of halogens is 1. The summed E-state index contributed by atoms with van der Waals surface area (Å²) in [6, 6.07) is 11.9. The van der Waals surface area contributed by atoms with E-state index in [0.29, 0.717) is 28.0 Å². The number of nitrogens with one attached hydrogen (secondary N) is 2. The van der Waals surface area contributed by atoms with Gasteiger partial charge in [-0.1, -0.05) is 30.7 Å². The number of rotatable bonds is 6. The van der Waals surface area contributed by atoms with Gasteiger partial charge in [0.25, 0.3) is 10.0 Å². The Labute approximate surface area is 182 Å². The van der Waals surface area contributed by atoms with Crippen molar-refractivity contribution in [3.05, 3.63) is 47.5 Å². The number of amides is 1. The molecule has 0 bridgehead atoms. The molecule has 0 spiro atoms. The van der Waals surface area contributed by atoms with E-state index in [2.05, 4.69) is 14.9 Å². The van der Waals surface area contributed by atoms with Gasteiger partial charge in [0.2, 0.25) is 5.91 Å². The number of carbonyl (C=O) groups excluding carboxylic acids is 1. The first-order valence-corrected chi connectivity index (χ1v) is 12.2. The Kier molecular flexibility index (Phi) is 5.93. The van der Waals surface area contributed by atoms with Gasteiger partial charge < -0.3 is 10.2 Å². The normalized spacial score (nSPS) is 21.2. The SMILES string of the molecule is CC1CC1C(=O)Nc1ccc(N2CCCCC2)c(S(=O)(=O)Nc2ccccc2Cl)c1. The van der Waals surface area contributed by atoms with Gasteiger partial charge in [-0.2, -0.15) is 0 Å². The Hall–Kier alpha value is -2.25. The Bertz CT molecular complexity index is 1050. The largest absolute Gasteiger partial charge is 0.370 e. The summed E-state index contributed by atoms with van der Waals surface area (Å²) in [7, 11) is -3.92. The van der Waals surface area contributed by atoms with Crippen molar-refractivity contribution in [3.63, 3.8) is 0 Å².